The molecule has 0 saturated carbocycles. The Morgan fingerprint density at radius 1 is 1.41 bits per heavy atom. The lowest BCUT2D eigenvalue weighted by molar-refractivity contribution is -0.146. The van der Waals surface area contributed by atoms with Gasteiger partial charge in [0.05, 0.1) is 12.5 Å². The Labute approximate surface area is 102 Å². The third kappa shape index (κ3) is 3.29. The molecule has 0 radical (unpaired) electrons. The second-order valence-electron chi connectivity index (χ2n) is 4.48. The molecular weight excluding hydrogens is 219 g/mol. The molecule has 0 aliphatic carbocycles. The fraction of sp³-hybridized carbons (Fsp3) is 0.500. The number of esters is 1. The van der Waals surface area contributed by atoms with Crippen LogP contribution in [0.25, 0.3) is 0 Å². The first kappa shape index (κ1) is 13.7. The van der Waals surface area contributed by atoms with Gasteiger partial charge in [0.2, 0.25) is 0 Å². The number of benzene rings is 1. The van der Waals surface area contributed by atoms with Crippen LogP contribution in [0.2, 0.25) is 0 Å². The minimum Gasteiger partial charge on any atom is -0.466 e. The van der Waals surface area contributed by atoms with E-state index in [1.807, 2.05) is 13.8 Å². The van der Waals surface area contributed by atoms with Gasteiger partial charge in [-0.1, -0.05) is 26.0 Å². The van der Waals surface area contributed by atoms with E-state index in [0.717, 1.165) is 0 Å². The lowest BCUT2D eigenvalue weighted by atomic mass is 9.88. The van der Waals surface area contributed by atoms with Crippen molar-refractivity contribution in [3.05, 3.63) is 35.1 Å². The highest BCUT2D eigenvalue weighted by atomic mass is 19.1. The van der Waals surface area contributed by atoms with Gasteiger partial charge in [0, 0.05) is 0 Å². The highest BCUT2D eigenvalue weighted by molar-refractivity contribution is 5.78. The maximum absolute atomic E-state index is 13.5. The number of halogens is 1. The van der Waals surface area contributed by atoms with Gasteiger partial charge in [-0.3, -0.25) is 4.79 Å². The molecule has 0 fully saturated rings. The molecule has 0 aliphatic heterocycles. The SMILES string of the molecule is CCOC(=O)C(c1ccc(C)c(F)c1)C(C)C. The van der Waals surface area contributed by atoms with Crippen LogP contribution in [0.15, 0.2) is 18.2 Å². The van der Waals surface area contributed by atoms with E-state index in [9.17, 15) is 9.18 Å². The van der Waals surface area contributed by atoms with Gasteiger partial charge in [0.25, 0.3) is 0 Å². The fourth-order valence-corrected chi connectivity index (χ4v) is 1.83. The Morgan fingerprint density at radius 2 is 2.06 bits per heavy atom. The molecule has 1 aromatic rings. The molecule has 0 heterocycles. The second-order valence-corrected chi connectivity index (χ2v) is 4.48. The maximum Gasteiger partial charge on any atom is 0.313 e. The Morgan fingerprint density at radius 3 is 2.53 bits per heavy atom. The van der Waals surface area contributed by atoms with E-state index in [2.05, 4.69) is 0 Å². The molecule has 0 bridgehead atoms. The monoisotopic (exact) mass is 238 g/mol. The molecule has 3 heteroatoms. The third-order valence-electron chi connectivity index (χ3n) is 2.76. The van der Waals surface area contributed by atoms with Crippen LogP contribution in [0, 0.1) is 18.7 Å². The van der Waals surface area contributed by atoms with E-state index in [1.165, 1.54) is 6.07 Å². The molecule has 0 aliphatic rings. The predicted molar refractivity (Wildman–Crippen MR) is 65.3 cm³/mol. The predicted octanol–water partition coefficient (Wildman–Crippen LogP) is 3.44. The van der Waals surface area contributed by atoms with Crippen LogP contribution in [-0.2, 0) is 9.53 Å². The molecule has 1 unspecified atom stereocenters. The summed E-state index contributed by atoms with van der Waals surface area (Å²) in [5, 5.41) is 0. The van der Waals surface area contributed by atoms with Crippen LogP contribution in [0.3, 0.4) is 0 Å². The van der Waals surface area contributed by atoms with Crippen LogP contribution in [0.5, 0.6) is 0 Å². The van der Waals surface area contributed by atoms with Crippen molar-refractivity contribution in [3.8, 4) is 0 Å². The van der Waals surface area contributed by atoms with Crippen molar-refractivity contribution in [2.45, 2.75) is 33.6 Å². The molecule has 17 heavy (non-hydrogen) atoms. The standard InChI is InChI=1S/C14H19FO2/c1-5-17-14(16)13(9(2)3)11-7-6-10(4)12(15)8-11/h6-9,13H,5H2,1-4H3. The molecule has 0 N–H and O–H groups in total. The van der Waals surface area contributed by atoms with Gasteiger partial charge in [-0.2, -0.15) is 0 Å². The first-order valence-corrected chi connectivity index (χ1v) is 5.90. The number of aryl methyl sites for hydroxylation is 1. The normalized spacial score (nSPS) is 12.6. The number of hydrogen-bond acceptors (Lipinski definition) is 2. The van der Waals surface area contributed by atoms with Gasteiger partial charge >= 0.3 is 5.97 Å². The summed E-state index contributed by atoms with van der Waals surface area (Å²) in [5.41, 5.74) is 1.27. The molecule has 1 aromatic carbocycles. The quantitative estimate of drug-likeness (QED) is 0.751. The van der Waals surface area contributed by atoms with Crippen molar-refractivity contribution >= 4 is 5.97 Å². The molecule has 0 saturated heterocycles. The summed E-state index contributed by atoms with van der Waals surface area (Å²) in [6.45, 7) is 7.67. The zero-order chi connectivity index (χ0) is 13.0. The fourth-order valence-electron chi connectivity index (χ4n) is 1.83. The Bertz CT molecular complexity index is 399. The Hall–Kier alpha value is -1.38. The number of ether oxygens (including phenoxy) is 1. The van der Waals surface area contributed by atoms with E-state index in [0.29, 0.717) is 17.7 Å². The molecule has 0 spiro atoms. The number of rotatable bonds is 4. The summed E-state index contributed by atoms with van der Waals surface area (Å²) in [5.74, 6) is -0.885. The van der Waals surface area contributed by atoms with E-state index in [-0.39, 0.29) is 17.7 Å². The van der Waals surface area contributed by atoms with Gasteiger partial charge in [0.1, 0.15) is 5.82 Å². The van der Waals surface area contributed by atoms with E-state index >= 15 is 0 Å². The van der Waals surface area contributed by atoms with Crippen LogP contribution < -0.4 is 0 Å². The zero-order valence-electron chi connectivity index (χ0n) is 10.8. The van der Waals surface area contributed by atoms with Crippen molar-refractivity contribution in [2.24, 2.45) is 5.92 Å². The minimum absolute atomic E-state index is 0.0798. The molecule has 94 valence electrons. The summed E-state index contributed by atoms with van der Waals surface area (Å²) in [7, 11) is 0. The van der Waals surface area contributed by atoms with Crippen molar-refractivity contribution in [1.82, 2.24) is 0 Å². The van der Waals surface area contributed by atoms with Crippen LogP contribution >= 0.6 is 0 Å². The lowest BCUT2D eigenvalue weighted by Crippen LogP contribution is -2.21. The first-order valence-electron chi connectivity index (χ1n) is 5.90. The van der Waals surface area contributed by atoms with Crippen LogP contribution in [0.4, 0.5) is 4.39 Å². The van der Waals surface area contributed by atoms with Crippen molar-refractivity contribution < 1.29 is 13.9 Å². The van der Waals surface area contributed by atoms with Crippen molar-refractivity contribution in [2.75, 3.05) is 6.61 Å². The van der Waals surface area contributed by atoms with Gasteiger partial charge in [-0.05, 0) is 37.0 Å². The summed E-state index contributed by atoms with van der Waals surface area (Å²) in [6, 6.07) is 4.91. The first-order chi connectivity index (χ1) is 7.97. The molecule has 1 atom stereocenters. The number of hydrogen-bond donors (Lipinski definition) is 0. The van der Waals surface area contributed by atoms with Gasteiger partial charge in [0.15, 0.2) is 0 Å². The summed E-state index contributed by atoms with van der Waals surface area (Å²) in [4.78, 5) is 11.8. The molecule has 0 aromatic heterocycles. The highest BCUT2D eigenvalue weighted by Crippen LogP contribution is 2.27. The van der Waals surface area contributed by atoms with Crippen molar-refractivity contribution in [3.63, 3.8) is 0 Å². The van der Waals surface area contributed by atoms with Crippen LogP contribution in [-0.4, -0.2) is 12.6 Å². The summed E-state index contributed by atoms with van der Waals surface area (Å²) in [6.07, 6.45) is 0. The molecular formula is C14H19FO2. The third-order valence-corrected chi connectivity index (χ3v) is 2.76. The average Bonchev–Trinajstić information content (AvgIpc) is 2.23. The summed E-state index contributed by atoms with van der Waals surface area (Å²) >= 11 is 0. The minimum atomic E-state index is -0.398. The van der Waals surface area contributed by atoms with Gasteiger partial charge < -0.3 is 4.74 Å². The van der Waals surface area contributed by atoms with Crippen molar-refractivity contribution in [1.29, 1.82) is 0 Å². The highest BCUT2D eigenvalue weighted by Gasteiger charge is 2.25. The molecule has 1 rings (SSSR count). The summed E-state index contributed by atoms with van der Waals surface area (Å²) < 4.78 is 18.5. The number of carbonyl (C=O) groups excluding carboxylic acids is 1. The zero-order valence-corrected chi connectivity index (χ0v) is 10.8. The largest absolute Gasteiger partial charge is 0.466 e. The van der Waals surface area contributed by atoms with E-state index in [1.54, 1.807) is 26.0 Å². The smallest absolute Gasteiger partial charge is 0.313 e. The van der Waals surface area contributed by atoms with E-state index in [4.69, 9.17) is 4.74 Å². The Balaban J connectivity index is 3.05. The Kier molecular flexibility index (Phi) is 4.67. The topological polar surface area (TPSA) is 26.3 Å². The second kappa shape index (κ2) is 5.80. The molecule has 2 nitrogen and oxygen atoms in total. The maximum atomic E-state index is 13.5. The average molecular weight is 238 g/mol. The van der Waals surface area contributed by atoms with Crippen LogP contribution in [0.1, 0.15) is 37.8 Å². The van der Waals surface area contributed by atoms with Gasteiger partial charge in [-0.25, -0.2) is 4.39 Å². The van der Waals surface area contributed by atoms with Gasteiger partial charge in [-0.15, -0.1) is 0 Å². The van der Waals surface area contributed by atoms with E-state index < -0.39 is 5.92 Å². The molecule has 0 amide bonds. The number of carbonyl (C=O) groups is 1. The lowest BCUT2D eigenvalue weighted by Gasteiger charge is -2.19.